The molecule has 1 saturated carbocycles. The molecule has 0 aromatic rings. The van der Waals surface area contributed by atoms with Gasteiger partial charge in [0.15, 0.2) is 0 Å². The van der Waals surface area contributed by atoms with E-state index in [1.165, 1.54) is 11.3 Å². The van der Waals surface area contributed by atoms with Crippen molar-refractivity contribution in [3.63, 3.8) is 0 Å². The fourth-order valence-corrected chi connectivity index (χ4v) is 2.48. The van der Waals surface area contributed by atoms with Crippen molar-refractivity contribution in [1.82, 2.24) is 10.2 Å². The molecule has 0 atom stereocenters. The van der Waals surface area contributed by atoms with E-state index >= 15 is 0 Å². The van der Waals surface area contributed by atoms with E-state index in [0.29, 0.717) is 6.54 Å². The number of aliphatic carboxylic acids is 1. The molecule has 1 aliphatic carbocycles. The Morgan fingerprint density at radius 1 is 1.28 bits per heavy atom. The van der Waals surface area contributed by atoms with Gasteiger partial charge in [-0.25, -0.2) is 4.79 Å². The highest BCUT2D eigenvalue weighted by Crippen LogP contribution is 2.27. The number of urea groups is 1. The fourth-order valence-electron chi connectivity index (χ4n) is 2.48. The molecular formula is C13H24N2O3. The van der Waals surface area contributed by atoms with Gasteiger partial charge in [-0.05, 0) is 26.2 Å². The SMILES string of the molecule is CCCN(CC(=O)O)C(=O)NC1(C)CCCCC1. The van der Waals surface area contributed by atoms with Crippen LogP contribution in [-0.2, 0) is 4.79 Å². The predicted octanol–water partition coefficient (Wildman–Crippen LogP) is 2.22. The summed E-state index contributed by atoms with van der Waals surface area (Å²) in [6.07, 6.45) is 6.20. The molecular weight excluding hydrogens is 232 g/mol. The molecule has 0 aromatic carbocycles. The lowest BCUT2D eigenvalue weighted by Crippen LogP contribution is -2.53. The zero-order chi connectivity index (χ0) is 13.6. The summed E-state index contributed by atoms with van der Waals surface area (Å²) in [6.45, 7) is 4.24. The second-order valence-electron chi connectivity index (χ2n) is 5.37. The van der Waals surface area contributed by atoms with E-state index in [4.69, 9.17) is 5.11 Å². The van der Waals surface area contributed by atoms with Crippen LogP contribution in [0.25, 0.3) is 0 Å². The quantitative estimate of drug-likeness (QED) is 0.792. The number of amides is 2. The highest BCUT2D eigenvalue weighted by atomic mass is 16.4. The van der Waals surface area contributed by atoms with Crippen LogP contribution in [0.1, 0.15) is 52.4 Å². The summed E-state index contributed by atoms with van der Waals surface area (Å²) in [5, 5.41) is 11.8. The number of carbonyl (C=O) groups is 2. The van der Waals surface area contributed by atoms with Crippen molar-refractivity contribution in [1.29, 1.82) is 0 Å². The molecule has 18 heavy (non-hydrogen) atoms. The maximum absolute atomic E-state index is 12.1. The largest absolute Gasteiger partial charge is 0.480 e. The van der Waals surface area contributed by atoms with Gasteiger partial charge in [0.2, 0.25) is 0 Å². The summed E-state index contributed by atoms with van der Waals surface area (Å²) < 4.78 is 0. The third kappa shape index (κ3) is 4.55. The minimum atomic E-state index is -0.965. The van der Waals surface area contributed by atoms with Crippen LogP contribution in [-0.4, -0.2) is 40.6 Å². The average molecular weight is 256 g/mol. The predicted molar refractivity (Wildman–Crippen MR) is 69.5 cm³/mol. The Kier molecular flexibility index (Phi) is 5.44. The summed E-state index contributed by atoms with van der Waals surface area (Å²) in [4.78, 5) is 24.2. The van der Waals surface area contributed by atoms with Crippen LogP contribution in [0.4, 0.5) is 4.79 Å². The Bertz CT molecular complexity index is 299. The smallest absolute Gasteiger partial charge is 0.323 e. The third-order valence-corrected chi connectivity index (χ3v) is 3.47. The molecule has 0 saturated heterocycles. The van der Waals surface area contributed by atoms with Crippen LogP contribution in [0, 0.1) is 0 Å². The summed E-state index contributed by atoms with van der Waals surface area (Å²) in [7, 11) is 0. The summed E-state index contributed by atoms with van der Waals surface area (Å²) in [5.74, 6) is -0.965. The molecule has 5 nitrogen and oxygen atoms in total. The standard InChI is InChI=1S/C13H24N2O3/c1-3-9-15(10-11(16)17)12(18)14-13(2)7-5-4-6-8-13/h3-10H2,1-2H3,(H,14,18)(H,16,17). The summed E-state index contributed by atoms with van der Waals surface area (Å²) in [6, 6.07) is -0.247. The number of nitrogens with zero attached hydrogens (tertiary/aromatic N) is 1. The van der Waals surface area contributed by atoms with E-state index in [2.05, 4.69) is 12.2 Å². The van der Waals surface area contributed by atoms with E-state index in [0.717, 1.165) is 32.1 Å². The van der Waals surface area contributed by atoms with Gasteiger partial charge in [-0.3, -0.25) is 4.79 Å². The van der Waals surface area contributed by atoms with Gasteiger partial charge in [0.25, 0.3) is 0 Å². The number of carboxylic acid groups (broad SMARTS) is 1. The second-order valence-corrected chi connectivity index (χ2v) is 5.37. The first-order valence-corrected chi connectivity index (χ1v) is 6.76. The molecule has 0 bridgehead atoms. The topological polar surface area (TPSA) is 69.6 Å². The molecule has 0 aliphatic heterocycles. The molecule has 5 heteroatoms. The Balaban J connectivity index is 2.56. The van der Waals surface area contributed by atoms with Crippen molar-refractivity contribution < 1.29 is 14.7 Å². The van der Waals surface area contributed by atoms with Gasteiger partial charge in [-0.1, -0.05) is 26.2 Å². The highest BCUT2D eigenvalue weighted by molar-refractivity contribution is 5.80. The first-order chi connectivity index (χ1) is 8.47. The van der Waals surface area contributed by atoms with Crippen LogP contribution in [0.3, 0.4) is 0 Å². The van der Waals surface area contributed by atoms with Crippen molar-refractivity contribution in [2.45, 2.75) is 57.9 Å². The van der Waals surface area contributed by atoms with E-state index in [1.807, 2.05) is 6.92 Å². The molecule has 0 heterocycles. The molecule has 2 amide bonds. The average Bonchev–Trinajstić information content (AvgIpc) is 2.28. The number of hydrogen-bond donors (Lipinski definition) is 2. The molecule has 1 aliphatic rings. The summed E-state index contributed by atoms with van der Waals surface area (Å²) in [5.41, 5.74) is -0.167. The van der Waals surface area contributed by atoms with Crippen LogP contribution >= 0.6 is 0 Å². The molecule has 1 fully saturated rings. The van der Waals surface area contributed by atoms with Gasteiger partial charge >= 0.3 is 12.0 Å². The maximum Gasteiger partial charge on any atom is 0.323 e. The normalized spacial score (nSPS) is 18.1. The van der Waals surface area contributed by atoms with Crippen molar-refractivity contribution in [3.8, 4) is 0 Å². The van der Waals surface area contributed by atoms with Crippen LogP contribution in [0.2, 0.25) is 0 Å². The Hall–Kier alpha value is -1.26. The molecule has 0 unspecified atom stereocenters. The van der Waals surface area contributed by atoms with Gasteiger partial charge in [-0.15, -0.1) is 0 Å². The lowest BCUT2D eigenvalue weighted by atomic mass is 9.83. The monoisotopic (exact) mass is 256 g/mol. The van der Waals surface area contributed by atoms with Crippen molar-refractivity contribution >= 4 is 12.0 Å². The van der Waals surface area contributed by atoms with E-state index in [9.17, 15) is 9.59 Å². The molecule has 2 N–H and O–H groups in total. The Morgan fingerprint density at radius 2 is 1.89 bits per heavy atom. The van der Waals surface area contributed by atoms with Crippen LogP contribution < -0.4 is 5.32 Å². The maximum atomic E-state index is 12.1. The van der Waals surface area contributed by atoms with Gasteiger partial charge in [0.05, 0.1) is 0 Å². The van der Waals surface area contributed by atoms with E-state index in [1.54, 1.807) is 0 Å². The third-order valence-electron chi connectivity index (χ3n) is 3.47. The van der Waals surface area contributed by atoms with E-state index in [-0.39, 0.29) is 18.1 Å². The molecule has 104 valence electrons. The van der Waals surface area contributed by atoms with Gasteiger partial charge in [0.1, 0.15) is 6.54 Å². The van der Waals surface area contributed by atoms with Crippen molar-refractivity contribution in [2.24, 2.45) is 0 Å². The Labute approximate surface area is 109 Å². The van der Waals surface area contributed by atoms with E-state index < -0.39 is 5.97 Å². The molecule has 0 radical (unpaired) electrons. The number of nitrogens with one attached hydrogen (secondary N) is 1. The second kappa shape index (κ2) is 6.61. The van der Waals surface area contributed by atoms with Gasteiger partial charge in [0, 0.05) is 12.1 Å². The lowest BCUT2D eigenvalue weighted by Gasteiger charge is -2.36. The first kappa shape index (κ1) is 14.8. The molecule has 0 spiro atoms. The van der Waals surface area contributed by atoms with Crippen molar-refractivity contribution in [2.75, 3.05) is 13.1 Å². The minimum absolute atomic E-state index is 0.167. The molecule has 0 aromatic heterocycles. The highest BCUT2D eigenvalue weighted by Gasteiger charge is 2.30. The van der Waals surface area contributed by atoms with Gasteiger partial charge in [-0.2, -0.15) is 0 Å². The number of hydrogen-bond acceptors (Lipinski definition) is 2. The number of carboxylic acids is 1. The Morgan fingerprint density at radius 3 is 2.39 bits per heavy atom. The van der Waals surface area contributed by atoms with Crippen LogP contribution in [0.15, 0.2) is 0 Å². The lowest BCUT2D eigenvalue weighted by molar-refractivity contribution is -0.137. The number of carbonyl (C=O) groups excluding carboxylic acids is 1. The van der Waals surface area contributed by atoms with Crippen molar-refractivity contribution in [3.05, 3.63) is 0 Å². The zero-order valence-corrected chi connectivity index (χ0v) is 11.4. The summed E-state index contributed by atoms with van der Waals surface area (Å²) >= 11 is 0. The van der Waals surface area contributed by atoms with Gasteiger partial charge < -0.3 is 15.3 Å². The van der Waals surface area contributed by atoms with Crippen LogP contribution in [0.5, 0.6) is 0 Å². The minimum Gasteiger partial charge on any atom is -0.480 e. The molecule has 1 rings (SSSR count). The number of rotatable bonds is 5. The first-order valence-electron chi connectivity index (χ1n) is 6.76. The fraction of sp³-hybridized carbons (Fsp3) is 0.846. The zero-order valence-electron chi connectivity index (χ0n) is 11.4.